The molecule has 0 atom stereocenters. The summed E-state index contributed by atoms with van der Waals surface area (Å²) < 4.78 is 1.02. The molecule has 0 unspecified atom stereocenters. The number of carbonyl (C=O) groups is 2. The highest BCUT2D eigenvalue weighted by molar-refractivity contribution is 8.00. The molecule has 3 aromatic heterocycles. The molecule has 2 amide bonds. The van der Waals surface area contributed by atoms with Gasteiger partial charge in [-0.15, -0.1) is 22.7 Å². The van der Waals surface area contributed by atoms with Gasteiger partial charge in [-0.25, -0.2) is 9.97 Å². The zero-order valence-corrected chi connectivity index (χ0v) is 16.3. The van der Waals surface area contributed by atoms with Crippen molar-refractivity contribution in [3.05, 3.63) is 40.2 Å². The van der Waals surface area contributed by atoms with Gasteiger partial charge in [-0.1, -0.05) is 17.8 Å². The van der Waals surface area contributed by atoms with Crippen molar-refractivity contribution in [2.45, 2.75) is 5.03 Å². The molecule has 1 saturated heterocycles. The number of carbonyl (C=O) groups excluding carboxylic acids is 2. The molecule has 6 nitrogen and oxygen atoms in total. The predicted molar refractivity (Wildman–Crippen MR) is 105 cm³/mol. The molecule has 0 spiro atoms. The lowest BCUT2D eigenvalue weighted by molar-refractivity contribution is -0.129. The number of hydrogen-bond acceptors (Lipinski definition) is 7. The molecule has 0 aromatic carbocycles. The van der Waals surface area contributed by atoms with Crippen LogP contribution in [0.5, 0.6) is 0 Å². The van der Waals surface area contributed by atoms with Crippen molar-refractivity contribution in [3.8, 4) is 0 Å². The number of thiophene rings is 2. The van der Waals surface area contributed by atoms with Crippen molar-refractivity contribution in [1.82, 2.24) is 19.8 Å². The van der Waals surface area contributed by atoms with Gasteiger partial charge in [-0.3, -0.25) is 9.59 Å². The normalized spacial score (nSPS) is 14.8. The number of amides is 2. The van der Waals surface area contributed by atoms with E-state index in [1.54, 1.807) is 11.3 Å². The summed E-state index contributed by atoms with van der Waals surface area (Å²) in [5, 5.41) is 4.74. The molecule has 1 fully saturated rings. The number of piperazine rings is 1. The number of fused-ring (bicyclic) bond motifs is 1. The van der Waals surface area contributed by atoms with Crippen LogP contribution in [0.1, 0.15) is 9.67 Å². The second-order valence-corrected chi connectivity index (χ2v) is 8.58. The number of nitrogens with zero attached hydrogens (tertiary/aromatic N) is 4. The Bertz CT molecular complexity index is 917. The first kappa shape index (κ1) is 17.4. The van der Waals surface area contributed by atoms with Crippen molar-refractivity contribution in [1.29, 1.82) is 0 Å². The second kappa shape index (κ2) is 7.73. The third-order valence-corrected chi connectivity index (χ3v) is 7.07. The van der Waals surface area contributed by atoms with E-state index in [0.717, 1.165) is 20.1 Å². The van der Waals surface area contributed by atoms with Crippen molar-refractivity contribution in [3.63, 3.8) is 0 Å². The Morgan fingerprint density at radius 1 is 1.04 bits per heavy atom. The van der Waals surface area contributed by atoms with Crippen molar-refractivity contribution in [2.24, 2.45) is 0 Å². The third kappa shape index (κ3) is 3.60. The largest absolute Gasteiger partial charge is 0.338 e. The molecule has 4 rings (SSSR count). The van der Waals surface area contributed by atoms with Gasteiger partial charge in [-0.05, 0) is 22.9 Å². The summed E-state index contributed by atoms with van der Waals surface area (Å²) in [7, 11) is 0. The molecule has 1 aliphatic heterocycles. The van der Waals surface area contributed by atoms with Crippen LogP contribution < -0.4 is 0 Å². The van der Waals surface area contributed by atoms with Gasteiger partial charge >= 0.3 is 0 Å². The maximum absolute atomic E-state index is 12.5. The summed E-state index contributed by atoms with van der Waals surface area (Å²) in [5.74, 6) is 0.493. The first-order valence-corrected chi connectivity index (χ1v) is 10.9. The Balaban J connectivity index is 1.31. The molecule has 0 aliphatic carbocycles. The van der Waals surface area contributed by atoms with Crippen LogP contribution in [0, 0.1) is 0 Å². The highest BCUT2D eigenvalue weighted by atomic mass is 32.2. The van der Waals surface area contributed by atoms with E-state index < -0.39 is 0 Å². The van der Waals surface area contributed by atoms with Crippen molar-refractivity contribution < 1.29 is 9.59 Å². The second-order valence-electron chi connectivity index (χ2n) is 5.75. The molecular formula is C17H16N4O2S3. The maximum atomic E-state index is 12.5. The van der Waals surface area contributed by atoms with Crippen LogP contribution in [0.25, 0.3) is 10.2 Å². The fraction of sp³-hybridized carbons (Fsp3) is 0.294. The maximum Gasteiger partial charge on any atom is 0.264 e. The van der Waals surface area contributed by atoms with E-state index in [2.05, 4.69) is 9.97 Å². The van der Waals surface area contributed by atoms with E-state index in [1.807, 2.05) is 38.8 Å². The molecular weight excluding hydrogens is 388 g/mol. The lowest BCUT2D eigenvalue weighted by atomic mass is 10.3. The summed E-state index contributed by atoms with van der Waals surface area (Å²) in [6.07, 6.45) is 1.54. The fourth-order valence-electron chi connectivity index (χ4n) is 2.81. The van der Waals surface area contributed by atoms with Gasteiger partial charge in [0.05, 0.1) is 20.8 Å². The van der Waals surface area contributed by atoms with Gasteiger partial charge in [0.1, 0.15) is 11.4 Å². The Morgan fingerprint density at radius 3 is 2.62 bits per heavy atom. The molecule has 1 aliphatic rings. The Hall–Kier alpha value is -1.97. The molecule has 0 radical (unpaired) electrons. The first-order chi connectivity index (χ1) is 12.7. The molecule has 3 aromatic rings. The highest BCUT2D eigenvalue weighted by Crippen LogP contribution is 2.28. The molecule has 4 heterocycles. The molecule has 0 saturated carbocycles. The van der Waals surface area contributed by atoms with Crippen molar-refractivity contribution >= 4 is 56.5 Å². The summed E-state index contributed by atoms with van der Waals surface area (Å²) >= 11 is 4.49. The van der Waals surface area contributed by atoms with Crippen LogP contribution in [0.3, 0.4) is 0 Å². The van der Waals surface area contributed by atoms with E-state index in [9.17, 15) is 9.59 Å². The molecule has 9 heteroatoms. The van der Waals surface area contributed by atoms with Crippen LogP contribution in [0.2, 0.25) is 0 Å². The Labute approximate surface area is 162 Å². The molecule has 26 heavy (non-hydrogen) atoms. The molecule has 0 N–H and O–H groups in total. The van der Waals surface area contributed by atoms with Gasteiger partial charge in [0.2, 0.25) is 5.91 Å². The van der Waals surface area contributed by atoms with Gasteiger partial charge < -0.3 is 9.80 Å². The van der Waals surface area contributed by atoms with Gasteiger partial charge in [-0.2, -0.15) is 0 Å². The Morgan fingerprint density at radius 2 is 1.85 bits per heavy atom. The zero-order valence-electron chi connectivity index (χ0n) is 13.8. The van der Waals surface area contributed by atoms with E-state index in [-0.39, 0.29) is 11.8 Å². The number of aromatic nitrogens is 2. The highest BCUT2D eigenvalue weighted by Gasteiger charge is 2.25. The molecule has 0 bridgehead atoms. The van der Waals surface area contributed by atoms with Gasteiger partial charge in [0.25, 0.3) is 5.91 Å². The van der Waals surface area contributed by atoms with E-state index >= 15 is 0 Å². The minimum Gasteiger partial charge on any atom is -0.338 e. The number of thioether (sulfide) groups is 1. The van der Waals surface area contributed by atoms with E-state index in [0.29, 0.717) is 31.9 Å². The van der Waals surface area contributed by atoms with Crippen LogP contribution in [0.4, 0.5) is 0 Å². The summed E-state index contributed by atoms with van der Waals surface area (Å²) in [6, 6.07) is 5.68. The lowest BCUT2D eigenvalue weighted by Gasteiger charge is -2.34. The molecule has 134 valence electrons. The first-order valence-electron chi connectivity index (χ1n) is 8.14. The minimum absolute atomic E-state index is 0.0579. The van der Waals surface area contributed by atoms with Crippen LogP contribution in [-0.2, 0) is 4.79 Å². The van der Waals surface area contributed by atoms with Crippen molar-refractivity contribution in [2.75, 3.05) is 31.9 Å². The summed E-state index contributed by atoms with van der Waals surface area (Å²) in [6.45, 7) is 2.31. The summed E-state index contributed by atoms with van der Waals surface area (Å²) in [4.78, 5) is 37.8. The zero-order chi connectivity index (χ0) is 17.9. The van der Waals surface area contributed by atoms with E-state index in [4.69, 9.17) is 0 Å². The number of rotatable bonds is 4. The minimum atomic E-state index is 0.0579. The van der Waals surface area contributed by atoms with E-state index in [1.165, 1.54) is 29.4 Å². The smallest absolute Gasteiger partial charge is 0.264 e. The van der Waals surface area contributed by atoms with Gasteiger partial charge in [0, 0.05) is 26.2 Å². The monoisotopic (exact) mass is 404 g/mol. The van der Waals surface area contributed by atoms with Crippen LogP contribution >= 0.6 is 34.4 Å². The average Bonchev–Trinajstić information content (AvgIpc) is 3.37. The van der Waals surface area contributed by atoms with Gasteiger partial charge in [0.15, 0.2) is 0 Å². The SMILES string of the molecule is O=C(CSc1ncnc2ccsc12)N1CCN(C(=O)c2cccs2)CC1. The van der Waals surface area contributed by atoms with Crippen LogP contribution in [-0.4, -0.2) is 63.5 Å². The summed E-state index contributed by atoms with van der Waals surface area (Å²) in [5.41, 5.74) is 0.917. The fourth-order valence-corrected chi connectivity index (χ4v) is 5.35. The quantitative estimate of drug-likeness (QED) is 0.494. The average molecular weight is 405 g/mol. The third-order valence-electron chi connectivity index (χ3n) is 4.19. The lowest BCUT2D eigenvalue weighted by Crippen LogP contribution is -2.51. The van der Waals surface area contributed by atoms with Crippen LogP contribution in [0.15, 0.2) is 40.3 Å². The Kier molecular flexibility index (Phi) is 5.18. The number of hydrogen-bond donors (Lipinski definition) is 0. The topological polar surface area (TPSA) is 66.4 Å². The standard InChI is InChI=1S/C17H16N4O2S3/c22-14(10-26-16-15-12(3-9-25-15)18-11-19-16)20-4-6-21(7-5-20)17(23)13-2-1-8-24-13/h1-3,8-9,11H,4-7,10H2. The predicted octanol–water partition coefficient (Wildman–Crippen LogP) is 2.83.